The lowest BCUT2D eigenvalue weighted by Crippen LogP contribution is -2.35. The Morgan fingerprint density at radius 3 is 1.26 bits per heavy atom. The van der Waals surface area contributed by atoms with E-state index in [0.717, 1.165) is 24.3 Å². The Morgan fingerprint density at radius 1 is 0.553 bits per heavy atom. The number of phenols is 2. The minimum Gasteiger partial charge on any atom is -0.507 e. The molecule has 14 heteroatoms. The van der Waals surface area contributed by atoms with Gasteiger partial charge in [-0.15, -0.1) is 0 Å². The van der Waals surface area contributed by atoms with Gasteiger partial charge < -0.3 is 20.8 Å². The third-order valence-corrected chi connectivity index (χ3v) is 7.52. The first-order chi connectivity index (χ1) is 17.7. The number of hydrogen-bond acceptors (Lipinski definition) is 10. The van der Waals surface area contributed by atoms with E-state index in [9.17, 15) is 45.7 Å². The minimum atomic E-state index is -4.60. The molecule has 0 heterocycles. The molecule has 5 aromatic carbocycles. The first-order valence-corrected chi connectivity index (χ1v) is 13.5. The number of rotatable bonds is 6. The van der Waals surface area contributed by atoms with Crippen molar-refractivity contribution >= 4 is 64.5 Å². The van der Waals surface area contributed by atoms with Crippen molar-refractivity contribution in [2.75, 3.05) is 10.6 Å². The highest BCUT2D eigenvalue weighted by atomic mass is 32.2. The van der Waals surface area contributed by atoms with Gasteiger partial charge in [0.25, 0.3) is 31.1 Å². The van der Waals surface area contributed by atoms with Crippen LogP contribution in [0.25, 0.3) is 21.5 Å². The molecule has 6 N–H and O–H groups in total. The number of anilines is 4. The molecule has 0 aromatic heterocycles. The fourth-order valence-corrected chi connectivity index (χ4v) is 5.09. The van der Waals surface area contributed by atoms with Gasteiger partial charge in [-0.25, -0.2) is 0 Å². The molecule has 0 aliphatic rings. The molecule has 194 valence electrons. The van der Waals surface area contributed by atoms with Crippen molar-refractivity contribution in [3.8, 4) is 11.5 Å². The number of nitrogens with one attached hydrogen (secondary N) is 2. The van der Waals surface area contributed by atoms with Crippen LogP contribution in [-0.4, -0.2) is 36.2 Å². The van der Waals surface area contributed by atoms with Crippen LogP contribution in [0.4, 0.5) is 22.7 Å². The van der Waals surface area contributed by atoms with Crippen LogP contribution in [0.15, 0.2) is 80.0 Å². The Balaban J connectivity index is 1.50. The predicted molar refractivity (Wildman–Crippen MR) is 139 cm³/mol. The average Bonchev–Trinajstić information content (AvgIpc) is 2.84. The van der Waals surface area contributed by atoms with Crippen molar-refractivity contribution in [2.45, 2.75) is 9.79 Å². The third-order valence-electron chi connectivity index (χ3n) is 5.85. The van der Waals surface area contributed by atoms with E-state index in [0.29, 0.717) is 0 Å². The maximum absolute atomic E-state index is 12.3. The van der Waals surface area contributed by atoms with Crippen LogP contribution in [0, 0.1) is 0 Å². The number of benzene rings is 4. The van der Waals surface area contributed by atoms with E-state index < -0.39 is 52.4 Å². The zero-order valence-corrected chi connectivity index (χ0v) is 20.5. The largest absolute Gasteiger partial charge is 0.507 e. The molecule has 0 atom stereocenters. The Bertz CT molecular complexity index is 1940. The number of fused-ring (bicyclic) bond motifs is 2. The van der Waals surface area contributed by atoms with Crippen molar-refractivity contribution < 1.29 is 36.2 Å². The molecule has 5 aromatic rings. The molecule has 5 rings (SSSR count). The van der Waals surface area contributed by atoms with Gasteiger partial charge in [-0.1, -0.05) is 0 Å². The highest BCUT2D eigenvalue weighted by Gasteiger charge is 2.22. The second-order valence-electron chi connectivity index (χ2n) is 8.37. The lowest BCUT2D eigenvalue weighted by Gasteiger charge is -2.16. The second kappa shape index (κ2) is 8.53. The van der Waals surface area contributed by atoms with Gasteiger partial charge in [0.2, 0.25) is 0 Å². The van der Waals surface area contributed by atoms with E-state index in [4.69, 9.17) is 0 Å². The van der Waals surface area contributed by atoms with Crippen molar-refractivity contribution in [1.29, 1.82) is 0 Å². The maximum Gasteiger partial charge on any atom is 0.294 e. The summed E-state index contributed by atoms with van der Waals surface area (Å²) >= 11 is 0. The van der Waals surface area contributed by atoms with Crippen LogP contribution in [0.3, 0.4) is 0 Å². The van der Waals surface area contributed by atoms with Crippen molar-refractivity contribution in [1.82, 2.24) is 0 Å². The summed E-state index contributed by atoms with van der Waals surface area (Å²) in [6.07, 6.45) is 0. The number of aromatic hydroxyl groups is 2. The molecular formula is C24H16N2O10S2. The Hall–Kier alpha value is -4.50. The maximum atomic E-state index is 12.3. The van der Waals surface area contributed by atoms with Crippen LogP contribution >= 0.6 is 0 Å². The average molecular weight is 557 g/mol. The summed E-state index contributed by atoms with van der Waals surface area (Å²) in [5.41, 5.74) is -1.37. The van der Waals surface area contributed by atoms with E-state index >= 15 is 0 Å². The summed E-state index contributed by atoms with van der Waals surface area (Å²) in [5, 5.41) is 26.8. The Morgan fingerprint density at radius 2 is 0.921 bits per heavy atom. The predicted octanol–water partition coefficient (Wildman–Crippen LogP) is 2.98. The highest BCUT2D eigenvalue weighted by Crippen LogP contribution is 2.34. The van der Waals surface area contributed by atoms with Gasteiger partial charge in [0, 0.05) is 34.3 Å². The molecule has 0 saturated carbocycles. The summed E-state index contributed by atoms with van der Waals surface area (Å²) < 4.78 is 64.5. The van der Waals surface area contributed by atoms with Gasteiger partial charge in [-0.2, -0.15) is 16.8 Å². The molecule has 0 unspecified atom stereocenters. The number of hydrogen-bond donors (Lipinski definition) is 6. The van der Waals surface area contributed by atoms with E-state index in [-0.39, 0.29) is 44.3 Å². The normalized spacial score (nSPS) is 12.3. The van der Waals surface area contributed by atoms with Gasteiger partial charge in [0.15, 0.2) is 0 Å². The van der Waals surface area contributed by atoms with E-state index in [1.807, 2.05) is 0 Å². The molecule has 38 heavy (non-hydrogen) atoms. The van der Waals surface area contributed by atoms with E-state index in [1.165, 1.54) is 36.4 Å². The van der Waals surface area contributed by atoms with Gasteiger partial charge in [0.05, 0.1) is 9.79 Å². The fraction of sp³-hybridized carbons (Fsp3) is 0. The molecule has 0 aliphatic heterocycles. The van der Waals surface area contributed by atoms with Gasteiger partial charge >= 0.3 is 0 Å². The van der Waals surface area contributed by atoms with Crippen LogP contribution in [0.5, 0.6) is 11.5 Å². The van der Waals surface area contributed by atoms with Crippen molar-refractivity contribution in [3.05, 3.63) is 81.1 Å². The summed E-state index contributed by atoms with van der Waals surface area (Å²) in [6.45, 7) is 0. The number of phenolic OH excluding ortho intramolecular Hbond substituents is 2. The molecule has 0 fully saturated rings. The highest BCUT2D eigenvalue weighted by molar-refractivity contribution is 7.86. The second-order valence-corrected chi connectivity index (χ2v) is 11.2. The van der Waals surface area contributed by atoms with E-state index in [1.54, 1.807) is 0 Å². The fourth-order valence-electron chi connectivity index (χ4n) is 4.02. The molecule has 0 saturated heterocycles. The van der Waals surface area contributed by atoms with Crippen LogP contribution in [0.1, 0.15) is 0 Å². The topological polar surface area (TPSA) is 207 Å². The summed E-state index contributed by atoms with van der Waals surface area (Å²) in [5.74, 6) is -0.782. The van der Waals surface area contributed by atoms with Crippen LogP contribution < -0.4 is 21.5 Å². The zero-order chi connectivity index (χ0) is 27.6. The summed E-state index contributed by atoms with van der Waals surface area (Å²) in [4.78, 5) is 23.5. The summed E-state index contributed by atoms with van der Waals surface area (Å²) in [6, 6.07) is 12.7. The quantitative estimate of drug-likeness (QED) is 0.132. The first-order valence-electron chi connectivity index (χ1n) is 10.6. The molecule has 0 aliphatic carbocycles. The van der Waals surface area contributed by atoms with Gasteiger partial charge in [-0.3, -0.25) is 18.7 Å². The third kappa shape index (κ3) is 4.41. The minimum absolute atomic E-state index is 0.112. The lowest BCUT2D eigenvalue weighted by atomic mass is 10.1. The van der Waals surface area contributed by atoms with Gasteiger partial charge in [-0.05, 0) is 59.3 Å². The Labute approximate surface area is 213 Å². The van der Waals surface area contributed by atoms with Crippen molar-refractivity contribution in [2.24, 2.45) is 0 Å². The molecule has 0 radical (unpaired) electrons. The smallest absolute Gasteiger partial charge is 0.294 e. The molecule has 0 bridgehead atoms. The van der Waals surface area contributed by atoms with Crippen LogP contribution in [0.2, 0.25) is 0 Å². The molecule has 0 amide bonds. The van der Waals surface area contributed by atoms with E-state index in [2.05, 4.69) is 10.6 Å². The molecular weight excluding hydrogens is 540 g/mol. The van der Waals surface area contributed by atoms with Crippen molar-refractivity contribution in [3.63, 3.8) is 0 Å². The lowest BCUT2D eigenvalue weighted by molar-refractivity contribution is 0.470. The standard InChI is InChI=1S/C24H16N2O10S2/c27-19-9-15(37(31,32)33)7-11-5-13(1-3-17(11)19)25-21-22(24(30)23(21)29)26-14-2-4-18-12(6-14)8-16(10-20(18)28)38(34,35)36/h1-10,25-28H,(H,31,32,33)(H,34,35,36). The SMILES string of the molecule is O=c1c(Nc2ccc3c(O)cc(S(=O)(=O)O)cc3c2)c(Nc2ccc3c(O)cc(S(=O)(=O)O)cc3c2)c1=O. The summed E-state index contributed by atoms with van der Waals surface area (Å²) in [7, 11) is -9.19. The first kappa shape index (κ1) is 25.2. The molecule has 12 nitrogen and oxygen atoms in total. The molecule has 0 spiro atoms. The van der Waals surface area contributed by atoms with Crippen LogP contribution in [-0.2, 0) is 20.2 Å². The van der Waals surface area contributed by atoms with Gasteiger partial charge in [0.1, 0.15) is 22.9 Å². The zero-order valence-electron chi connectivity index (χ0n) is 18.8. The Kier molecular flexibility index (Phi) is 5.65. The monoisotopic (exact) mass is 556 g/mol.